The van der Waals surface area contributed by atoms with Crippen LogP contribution in [0.15, 0.2) is 78.9 Å². The highest BCUT2D eigenvalue weighted by molar-refractivity contribution is 6.09. The third-order valence-electron chi connectivity index (χ3n) is 6.40. The van der Waals surface area contributed by atoms with Gasteiger partial charge < -0.3 is 24.4 Å². The Bertz CT molecular complexity index is 1450. The number of aromatic nitrogens is 2. The molecule has 0 saturated carbocycles. The first-order chi connectivity index (χ1) is 19.1. The van der Waals surface area contributed by atoms with Crippen LogP contribution in [0.4, 0.5) is 11.4 Å². The minimum atomic E-state index is -0.536. The van der Waals surface area contributed by atoms with E-state index in [0.717, 1.165) is 17.1 Å². The molecule has 1 aromatic heterocycles. The van der Waals surface area contributed by atoms with Gasteiger partial charge >= 0.3 is 5.97 Å². The second-order valence-corrected chi connectivity index (χ2v) is 8.85. The standard InChI is InChI=1S/C30H30N4O5/c1-3-38-30(36)27-26-16-18-33(29(35)28(26)34(32-27)22-12-14-24(37-2)15-13-22)23-9-7-8-21(20-23)31-17-19-39-25-10-5-4-6-11-25/h4-15,20,31H,3,16-19H2,1-2H3. The van der Waals surface area contributed by atoms with Crippen LogP contribution in [0.25, 0.3) is 5.69 Å². The molecule has 0 saturated heterocycles. The first-order valence-corrected chi connectivity index (χ1v) is 12.9. The Morgan fingerprint density at radius 1 is 0.974 bits per heavy atom. The quantitative estimate of drug-likeness (QED) is 0.235. The zero-order chi connectivity index (χ0) is 27.2. The highest BCUT2D eigenvalue weighted by Gasteiger charge is 2.35. The monoisotopic (exact) mass is 526 g/mol. The van der Waals surface area contributed by atoms with Gasteiger partial charge in [0.15, 0.2) is 5.69 Å². The zero-order valence-electron chi connectivity index (χ0n) is 21.9. The van der Waals surface area contributed by atoms with Crippen molar-refractivity contribution in [3.05, 3.63) is 95.8 Å². The van der Waals surface area contributed by atoms with Gasteiger partial charge in [-0.3, -0.25) is 4.79 Å². The molecular weight excluding hydrogens is 496 g/mol. The van der Waals surface area contributed by atoms with E-state index >= 15 is 0 Å². The number of benzene rings is 3. The fraction of sp³-hybridized carbons (Fsp3) is 0.233. The molecule has 1 aliphatic rings. The smallest absolute Gasteiger partial charge is 0.359 e. The summed E-state index contributed by atoms with van der Waals surface area (Å²) >= 11 is 0. The Morgan fingerprint density at radius 2 is 1.77 bits per heavy atom. The molecule has 2 heterocycles. The maximum Gasteiger partial charge on any atom is 0.359 e. The van der Waals surface area contributed by atoms with Crippen LogP contribution in [0.5, 0.6) is 11.5 Å². The van der Waals surface area contributed by atoms with Gasteiger partial charge in [-0.15, -0.1) is 0 Å². The predicted octanol–water partition coefficient (Wildman–Crippen LogP) is 4.75. The Kier molecular flexibility index (Phi) is 7.77. The summed E-state index contributed by atoms with van der Waals surface area (Å²) in [4.78, 5) is 28.3. The second-order valence-electron chi connectivity index (χ2n) is 8.85. The number of amides is 1. The fourth-order valence-electron chi connectivity index (χ4n) is 4.54. The number of nitrogens with one attached hydrogen (secondary N) is 1. The van der Waals surface area contributed by atoms with E-state index < -0.39 is 5.97 Å². The second kappa shape index (κ2) is 11.7. The van der Waals surface area contributed by atoms with Gasteiger partial charge in [0.25, 0.3) is 5.91 Å². The highest BCUT2D eigenvalue weighted by atomic mass is 16.5. The van der Waals surface area contributed by atoms with Crippen LogP contribution >= 0.6 is 0 Å². The minimum Gasteiger partial charge on any atom is -0.497 e. The lowest BCUT2D eigenvalue weighted by Crippen LogP contribution is -2.39. The van der Waals surface area contributed by atoms with Gasteiger partial charge in [-0.05, 0) is 67.9 Å². The fourth-order valence-corrected chi connectivity index (χ4v) is 4.54. The molecule has 0 spiro atoms. The van der Waals surface area contributed by atoms with Crippen molar-refractivity contribution in [1.29, 1.82) is 0 Å². The highest BCUT2D eigenvalue weighted by Crippen LogP contribution is 2.30. The maximum atomic E-state index is 13.9. The van der Waals surface area contributed by atoms with Crippen molar-refractivity contribution in [3.8, 4) is 17.2 Å². The number of para-hydroxylation sites is 1. The van der Waals surface area contributed by atoms with Crippen molar-refractivity contribution >= 4 is 23.3 Å². The molecule has 1 aliphatic heterocycles. The third-order valence-corrected chi connectivity index (χ3v) is 6.40. The van der Waals surface area contributed by atoms with Gasteiger partial charge in [0.1, 0.15) is 23.8 Å². The van der Waals surface area contributed by atoms with Gasteiger partial charge in [-0.1, -0.05) is 24.3 Å². The zero-order valence-corrected chi connectivity index (χ0v) is 21.9. The molecule has 4 aromatic rings. The molecule has 5 rings (SSSR count). The summed E-state index contributed by atoms with van der Waals surface area (Å²) in [6, 6.07) is 24.5. The summed E-state index contributed by atoms with van der Waals surface area (Å²) in [5.41, 5.74) is 3.39. The summed E-state index contributed by atoms with van der Waals surface area (Å²) in [7, 11) is 1.59. The van der Waals surface area contributed by atoms with Crippen molar-refractivity contribution < 1.29 is 23.8 Å². The lowest BCUT2D eigenvalue weighted by atomic mass is 10.0. The number of carbonyl (C=O) groups excluding carboxylic acids is 2. The van der Waals surface area contributed by atoms with Crippen LogP contribution in [-0.2, 0) is 11.2 Å². The molecule has 1 amide bonds. The molecule has 0 aliphatic carbocycles. The summed E-state index contributed by atoms with van der Waals surface area (Å²) in [6.07, 6.45) is 0.466. The van der Waals surface area contributed by atoms with Crippen LogP contribution in [-0.4, -0.2) is 55.1 Å². The number of fused-ring (bicyclic) bond motifs is 1. The van der Waals surface area contributed by atoms with Crippen LogP contribution < -0.4 is 19.7 Å². The summed E-state index contributed by atoms with van der Waals surface area (Å²) in [5, 5.41) is 7.89. The van der Waals surface area contributed by atoms with Crippen molar-refractivity contribution in [2.24, 2.45) is 0 Å². The van der Waals surface area contributed by atoms with Crippen molar-refractivity contribution in [1.82, 2.24) is 9.78 Å². The number of carbonyl (C=O) groups is 2. The third kappa shape index (κ3) is 5.57. The molecule has 200 valence electrons. The van der Waals surface area contributed by atoms with E-state index in [2.05, 4.69) is 10.4 Å². The van der Waals surface area contributed by atoms with Crippen molar-refractivity contribution in [3.63, 3.8) is 0 Å². The lowest BCUT2D eigenvalue weighted by molar-refractivity contribution is 0.0517. The lowest BCUT2D eigenvalue weighted by Gasteiger charge is -2.28. The number of ether oxygens (including phenoxy) is 3. The van der Waals surface area contributed by atoms with Gasteiger partial charge in [0, 0.05) is 30.0 Å². The number of rotatable bonds is 10. The van der Waals surface area contributed by atoms with E-state index in [9.17, 15) is 9.59 Å². The van der Waals surface area contributed by atoms with Crippen LogP contribution in [0.1, 0.15) is 33.5 Å². The van der Waals surface area contributed by atoms with Gasteiger partial charge in [-0.25, -0.2) is 9.48 Å². The average Bonchev–Trinajstić information content (AvgIpc) is 3.37. The first kappa shape index (κ1) is 25.8. The molecule has 1 N–H and O–H groups in total. The molecule has 0 bridgehead atoms. The number of nitrogens with zero attached hydrogens (tertiary/aromatic N) is 3. The number of hydrogen-bond donors (Lipinski definition) is 1. The van der Waals surface area contributed by atoms with Crippen LogP contribution in [0, 0.1) is 0 Å². The van der Waals surface area contributed by atoms with Gasteiger partial charge in [0.2, 0.25) is 0 Å². The number of esters is 1. The van der Waals surface area contributed by atoms with Gasteiger partial charge in [0.05, 0.1) is 19.4 Å². The van der Waals surface area contributed by atoms with E-state index in [-0.39, 0.29) is 18.2 Å². The minimum absolute atomic E-state index is 0.171. The van der Waals surface area contributed by atoms with E-state index in [0.29, 0.717) is 48.8 Å². The Labute approximate surface area is 226 Å². The molecule has 0 unspecified atom stereocenters. The summed E-state index contributed by atoms with van der Waals surface area (Å²) < 4.78 is 17.8. The first-order valence-electron chi connectivity index (χ1n) is 12.9. The Morgan fingerprint density at radius 3 is 2.51 bits per heavy atom. The Balaban J connectivity index is 1.38. The molecule has 3 aromatic carbocycles. The molecule has 39 heavy (non-hydrogen) atoms. The molecular formula is C30H30N4O5. The SMILES string of the molecule is CCOC(=O)c1nn(-c2ccc(OC)cc2)c2c1CCN(c1cccc(NCCOc3ccccc3)c1)C2=O. The average molecular weight is 527 g/mol. The number of methoxy groups -OCH3 is 1. The Hall–Kier alpha value is -4.79. The number of hydrogen-bond acceptors (Lipinski definition) is 7. The van der Waals surface area contributed by atoms with Crippen molar-refractivity contribution in [2.75, 3.05) is 43.6 Å². The topological polar surface area (TPSA) is 94.9 Å². The molecule has 9 nitrogen and oxygen atoms in total. The molecule has 0 fully saturated rings. The normalized spacial score (nSPS) is 12.6. The maximum absolute atomic E-state index is 13.9. The van der Waals surface area contributed by atoms with Crippen molar-refractivity contribution in [2.45, 2.75) is 13.3 Å². The van der Waals surface area contributed by atoms with Crippen LogP contribution in [0.2, 0.25) is 0 Å². The predicted molar refractivity (Wildman–Crippen MR) is 148 cm³/mol. The molecule has 0 atom stereocenters. The van der Waals surface area contributed by atoms with E-state index in [1.54, 1.807) is 43.2 Å². The summed E-state index contributed by atoms with van der Waals surface area (Å²) in [6.45, 7) is 3.47. The number of anilines is 2. The summed E-state index contributed by atoms with van der Waals surface area (Å²) in [5.74, 6) is 0.723. The van der Waals surface area contributed by atoms with Gasteiger partial charge in [-0.2, -0.15) is 5.10 Å². The van der Waals surface area contributed by atoms with E-state index in [4.69, 9.17) is 14.2 Å². The van der Waals surface area contributed by atoms with E-state index in [1.807, 2.05) is 54.6 Å². The largest absolute Gasteiger partial charge is 0.497 e. The van der Waals surface area contributed by atoms with E-state index in [1.165, 1.54) is 4.68 Å². The molecule has 9 heteroatoms. The van der Waals surface area contributed by atoms with Crippen LogP contribution in [0.3, 0.4) is 0 Å². The molecule has 0 radical (unpaired) electrons.